The highest BCUT2D eigenvalue weighted by molar-refractivity contribution is 6.18. The van der Waals surface area contributed by atoms with Crippen LogP contribution in [0.25, 0.3) is 11.1 Å². The number of anilines is 2. The average molecular weight is 329 g/mol. The summed E-state index contributed by atoms with van der Waals surface area (Å²) in [4.78, 5) is 25.2. The van der Waals surface area contributed by atoms with Crippen molar-refractivity contribution < 1.29 is 14.7 Å². The number of para-hydroxylation sites is 1. The van der Waals surface area contributed by atoms with Crippen LogP contribution >= 0.6 is 0 Å². The molecule has 0 saturated carbocycles. The number of benzene rings is 2. The van der Waals surface area contributed by atoms with Gasteiger partial charge in [0, 0.05) is 29.2 Å². The number of aliphatic carboxylic acids is 1. The lowest BCUT2D eigenvalue weighted by Crippen LogP contribution is -2.31. The summed E-state index contributed by atoms with van der Waals surface area (Å²) in [6, 6.07) is 13.2. The van der Waals surface area contributed by atoms with Crippen LogP contribution in [0.5, 0.6) is 0 Å². The Kier molecular flexibility index (Phi) is 3.39. The molecule has 0 amide bonds. The van der Waals surface area contributed by atoms with E-state index in [1.54, 1.807) is 12.2 Å². The second kappa shape index (κ2) is 5.60. The Balaban J connectivity index is 2.06. The van der Waals surface area contributed by atoms with Crippen LogP contribution < -0.4 is 15.3 Å². The Morgan fingerprint density at radius 1 is 0.960 bits per heavy atom. The number of nitrogens with zero attached hydrogens (tertiary/aromatic N) is 1. The molecule has 0 radical (unpaired) electrons. The minimum atomic E-state index is -0.940. The van der Waals surface area contributed by atoms with Crippen molar-refractivity contribution in [2.24, 2.45) is 0 Å². The summed E-state index contributed by atoms with van der Waals surface area (Å²) in [5.74, 6) is -0.973. The van der Waals surface area contributed by atoms with Crippen LogP contribution in [0, 0.1) is 0 Å². The largest absolute Gasteiger partial charge is 0.478 e. The molecule has 0 fully saturated rings. The molecule has 0 unspecified atom stereocenters. The summed E-state index contributed by atoms with van der Waals surface area (Å²) in [6.07, 6.45) is 6.62. The van der Waals surface area contributed by atoms with Gasteiger partial charge in [0.2, 0.25) is 0 Å². The van der Waals surface area contributed by atoms with Crippen molar-refractivity contribution in [3.05, 3.63) is 82.8 Å². The molecular weight excluding hydrogens is 314 g/mol. The molecule has 0 bridgehead atoms. The van der Waals surface area contributed by atoms with Crippen molar-refractivity contribution in [3.8, 4) is 0 Å². The van der Waals surface area contributed by atoms with Gasteiger partial charge in [0.05, 0.1) is 5.57 Å². The first kappa shape index (κ1) is 15.1. The highest BCUT2D eigenvalue weighted by atomic mass is 16.4. The summed E-state index contributed by atoms with van der Waals surface area (Å²) in [5, 5.41) is 11.4. The minimum absolute atomic E-state index is 0.0331. The van der Waals surface area contributed by atoms with Gasteiger partial charge < -0.3 is 10.0 Å². The maximum absolute atomic E-state index is 11.9. The molecule has 0 atom stereocenters. The van der Waals surface area contributed by atoms with Crippen LogP contribution in [0.4, 0.5) is 11.4 Å². The fourth-order valence-electron chi connectivity index (χ4n) is 3.33. The first-order valence-corrected chi connectivity index (χ1v) is 7.91. The standard InChI is InChI=1S/C21H15NO3/c1-22-18-5-3-2-4-16(18)20(21(24)25)17-11-8-14(12-19(17)22)13-6-9-15(23)10-7-13/h2-12H,1H3,(H,24,25). The van der Waals surface area contributed by atoms with Crippen molar-refractivity contribution in [2.45, 2.75) is 0 Å². The van der Waals surface area contributed by atoms with Crippen LogP contribution in [0.1, 0.15) is 5.56 Å². The number of allylic oxidation sites excluding steroid dienone is 4. The molecule has 25 heavy (non-hydrogen) atoms. The van der Waals surface area contributed by atoms with E-state index >= 15 is 0 Å². The lowest BCUT2D eigenvalue weighted by atomic mass is 9.94. The van der Waals surface area contributed by atoms with E-state index in [2.05, 4.69) is 0 Å². The van der Waals surface area contributed by atoms with E-state index < -0.39 is 5.97 Å². The molecule has 0 saturated heterocycles. The summed E-state index contributed by atoms with van der Waals surface area (Å²) in [7, 11) is 1.93. The summed E-state index contributed by atoms with van der Waals surface area (Å²) >= 11 is 0. The summed E-state index contributed by atoms with van der Waals surface area (Å²) in [5.41, 5.74) is 3.64. The Hall–Kier alpha value is -3.40. The molecule has 1 heterocycles. The second-order valence-corrected chi connectivity index (χ2v) is 6.01. The van der Waals surface area contributed by atoms with E-state index in [0.717, 1.165) is 22.2 Å². The van der Waals surface area contributed by atoms with Gasteiger partial charge in [0.25, 0.3) is 0 Å². The fraction of sp³-hybridized carbons (Fsp3) is 0.0476. The van der Waals surface area contributed by atoms with Crippen molar-refractivity contribution in [1.82, 2.24) is 0 Å². The number of hydrogen-bond donors (Lipinski definition) is 1. The number of carbonyl (C=O) groups excluding carboxylic acids is 1. The van der Waals surface area contributed by atoms with Crippen LogP contribution in [0.3, 0.4) is 0 Å². The molecule has 2 aliphatic rings. The normalized spacial score (nSPS) is 15.2. The monoisotopic (exact) mass is 329 g/mol. The third-order valence-electron chi connectivity index (χ3n) is 4.56. The van der Waals surface area contributed by atoms with Gasteiger partial charge in [-0.3, -0.25) is 4.79 Å². The number of carboxylic acid groups (broad SMARTS) is 1. The van der Waals surface area contributed by atoms with Crippen LogP contribution in [0.15, 0.2) is 66.8 Å². The minimum Gasteiger partial charge on any atom is -0.478 e. The highest BCUT2D eigenvalue weighted by Crippen LogP contribution is 2.33. The Morgan fingerprint density at radius 2 is 1.68 bits per heavy atom. The number of ketones is 1. The zero-order valence-corrected chi connectivity index (χ0v) is 13.6. The molecular formula is C21H15NO3. The van der Waals surface area contributed by atoms with E-state index in [-0.39, 0.29) is 5.78 Å². The Morgan fingerprint density at radius 3 is 2.40 bits per heavy atom. The lowest BCUT2D eigenvalue weighted by Gasteiger charge is -2.28. The smallest absolute Gasteiger partial charge is 0.337 e. The summed E-state index contributed by atoms with van der Waals surface area (Å²) < 4.78 is 0. The fourth-order valence-corrected chi connectivity index (χ4v) is 3.33. The molecule has 4 nitrogen and oxygen atoms in total. The molecule has 2 aromatic rings. The van der Waals surface area contributed by atoms with Gasteiger partial charge in [-0.05, 0) is 35.1 Å². The molecule has 122 valence electrons. The number of carboxylic acids is 1. The van der Waals surface area contributed by atoms with Gasteiger partial charge in [-0.2, -0.15) is 0 Å². The Bertz CT molecular complexity index is 1090. The van der Waals surface area contributed by atoms with E-state index in [1.165, 1.54) is 12.2 Å². The molecule has 1 aliphatic heterocycles. The average Bonchev–Trinajstić information content (AvgIpc) is 2.62. The van der Waals surface area contributed by atoms with E-state index in [9.17, 15) is 14.7 Å². The first-order valence-electron chi connectivity index (χ1n) is 7.91. The molecule has 0 aromatic heterocycles. The van der Waals surface area contributed by atoms with Crippen molar-refractivity contribution in [1.29, 1.82) is 0 Å². The van der Waals surface area contributed by atoms with Gasteiger partial charge in [-0.15, -0.1) is 0 Å². The highest BCUT2D eigenvalue weighted by Gasteiger charge is 2.24. The molecule has 4 rings (SSSR count). The van der Waals surface area contributed by atoms with Gasteiger partial charge in [-0.1, -0.05) is 42.5 Å². The van der Waals surface area contributed by atoms with Crippen LogP contribution in [-0.4, -0.2) is 23.9 Å². The topological polar surface area (TPSA) is 57.6 Å². The van der Waals surface area contributed by atoms with Gasteiger partial charge in [0.15, 0.2) is 5.78 Å². The molecule has 1 N–H and O–H groups in total. The molecule has 0 spiro atoms. The van der Waals surface area contributed by atoms with E-state index in [1.807, 2.05) is 54.4 Å². The SMILES string of the molecule is CN1c2ccccc2C(C(=O)O)=c2ccc(=C3C=CC(=O)C=C3)cc21. The number of fused-ring (bicyclic) bond motifs is 2. The Labute approximate surface area is 144 Å². The quantitative estimate of drug-likeness (QED) is 0.868. The number of carbonyl (C=O) groups is 2. The van der Waals surface area contributed by atoms with E-state index in [4.69, 9.17) is 0 Å². The molecule has 1 aliphatic carbocycles. The second-order valence-electron chi connectivity index (χ2n) is 6.01. The van der Waals surface area contributed by atoms with Crippen molar-refractivity contribution in [3.63, 3.8) is 0 Å². The lowest BCUT2D eigenvalue weighted by molar-refractivity contribution is -0.130. The van der Waals surface area contributed by atoms with Crippen LogP contribution in [0.2, 0.25) is 0 Å². The molecule has 4 heteroatoms. The predicted octanol–water partition coefficient (Wildman–Crippen LogP) is 1.90. The third kappa shape index (κ3) is 2.39. The van der Waals surface area contributed by atoms with Gasteiger partial charge in [0.1, 0.15) is 0 Å². The predicted molar refractivity (Wildman–Crippen MR) is 97.0 cm³/mol. The maximum Gasteiger partial charge on any atom is 0.337 e. The maximum atomic E-state index is 11.9. The number of hydrogen-bond acceptors (Lipinski definition) is 3. The van der Waals surface area contributed by atoms with Gasteiger partial charge >= 0.3 is 5.97 Å². The van der Waals surface area contributed by atoms with Crippen molar-refractivity contribution in [2.75, 3.05) is 11.9 Å². The number of rotatable bonds is 1. The van der Waals surface area contributed by atoms with Crippen molar-refractivity contribution >= 4 is 34.3 Å². The van der Waals surface area contributed by atoms with Crippen LogP contribution in [-0.2, 0) is 9.59 Å². The van der Waals surface area contributed by atoms with Gasteiger partial charge in [-0.25, -0.2) is 4.79 Å². The zero-order valence-electron chi connectivity index (χ0n) is 13.6. The van der Waals surface area contributed by atoms with E-state index in [0.29, 0.717) is 16.4 Å². The third-order valence-corrected chi connectivity index (χ3v) is 4.56. The summed E-state index contributed by atoms with van der Waals surface area (Å²) in [6.45, 7) is 0. The molecule has 2 aromatic carbocycles. The first-order chi connectivity index (χ1) is 12.1. The zero-order chi connectivity index (χ0) is 17.6.